The molecule has 33 heavy (non-hydrogen) atoms. The molecule has 2 heterocycles. The maximum atomic E-state index is 14.5. The van der Waals surface area contributed by atoms with Crippen molar-refractivity contribution in [3.8, 4) is 0 Å². The van der Waals surface area contributed by atoms with Crippen molar-refractivity contribution < 1.29 is 22.1 Å². The maximum Gasteiger partial charge on any atom is 0.416 e. The van der Waals surface area contributed by atoms with Gasteiger partial charge in [0.25, 0.3) is 0 Å². The van der Waals surface area contributed by atoms with Crippen molar-refractivity contribution in [1.29, 1.82) is 0 Å². The van der Waals surface area contributed by atoms with Gasteiger partial charge in [-0.1, -0.05) is 11.6 Å². The number of thiazole rings is 1. The first-order valence-corrected chi connectivity index (χ1v) is 12.2. The minimum atomic E-state index is -4.78. The summed E-state index contributed by atoms with van der Waals surface area (Å²) in [4.78, 5) is 8.77. The Labute approximate surface area is 201 Å². The summed E-state index contributed by atoms with van der Waals surface area (Å²) in [5.41, 5.74) is -1.87. The number of hydrogen-bond acceptors (Lipinski definition) is 5. The number of pyridine rings is 1. The summed E-state index contributed by atoms with van der Waals surface area (Å²) in [6.45, 7) is 6.94. The number of alkyl halides is 3. The van der Waals surface area contributed by atoms with Gasteiger partial charge in [0.2, 0.25) is 0 Å². The van der Waals surface area contributed by atoms with Gasteiger partial charge in [0.15, 0.2) is 0 Å². The second-order valence-corrected chi connectivity index (χ2v) is 11.9. The summed E-state index contributed by atoms with van der Waals surface area (Å²) in [5, 5.41) is 2.66. The van der Waals surface area contributed by atoms with Crippen LogP contribution in [0.4, 0.5) is 17.6 Å². The molecule has 0 bridgehead atoms. The molecule has 3 aromatic rings. The molecule has 0 spiro atoms. The number of aromatic nitrogens is 2. The molecule has 2 unspecified atom stereocenters. The van der Waals surface area contributed by atoms with Crippen molar-refractivity contribution in [3.05, 3.63) is 80.3 Å². The largest absolute Gasteiger partial charge is 0.598 e. The fourth-order valence-electron chi connectivity index (χ4n) is 3.14. The van der Waals surface area contributed by atoms with E-state index < -0.39 is 39.2 Å². The fourth-order valence-corrected chi connectivity index (χ4v) is 5.02. The molecule has 2 aromatic heterocycles. The molecule has 0 fully saturated rings. The van der Waals surface area contributed by atoms with Crippen molar-refractivity contribution in [1.82, 2.24) is 14.7 Å². The lowest BCUT2D eigenvalue weighted by Gasteiger charge is -2.37. The first-order chi connectivity index (χ1) is 15.2. The zero-order valence-corrected chi connectivity index (χ0v) is 20.6. The monoisotopic (exact) mass is 519 g/mol. The van der Waals surface area contributed by atoms with E-state index in [4.69, 9.17) is 11.6 Å². The average molecular weight is 520 g/mol. The Morgan fingerprint density at radius 2 is 1.79 bits per heavy atom. The third-order valence-electron chi connectivity index (χ3n) is 4.79. The Hall–Kier alpha value is -1.72. The lowest BCUT2D eigenvalue weighted by atomic mass is 9.83. The fraction of sp³-hybridized carbons (Fsp3) is 0.364. The molecule has 0 aliphatic rings. The first-order valence-electron chi connectivity index (χ1n) is 9.82. The molecule has 4 nitrogen and oxygen atoms in total. The van der Waals surface area contributed by atoms with Crippen LogP contribution in [0.5, 0.6) is 0 Å². The van der Waals surface area contributed by atoms with Crippen molar-refractivity contribution in [2.24, 2.45) is 0 Å². The van der Waals surface area contributed by atoms with Crippen LogP contribution in [-0.2, 0) is 29.5 Å². The van der Waals surface area contributed by atoms with Crippen molar-refractivity contribution in [2.75, 3.05) is 0 Å². The highest BCUT2D eigenvalue weighted by Crippen LogP contribution is 2.39. The number of hydrogen-bond donors (Lipinski definition) is 1. The zero-order valence-electron chi connectivity index (χ0n) is 18.3. The van der Waals surface area contributed by atoms with Gasteiger partial charge in [0, 0.05) is 35.1 Å². The van der Waals surface area contributed by atoms with E-state index in [1.807, 2.05) is 0 Å². The molecule has 0 radical (unpaired) electrons. The maximum absolute atomic E-state index is 14.5. The predicted octanol–water partition coefficient (Wildman–Crippen LogP) is 6.20. The molecule has 178 valence electrons. The van der Waals surface area contributed by atoms with Crippen LogP contribution in [0.15, 0.2) is 41.9 Å². The lowest BCUT2D eigenvalue weighted by molar-refractivity contribution is -0.137. The second kappa shape index (κ2) is 9.50. The number of benzene rings is 1. The number of aryl methyl sites for hydroxylation is 1. The smallest absolute Gasteiger partial charge is 0.416 e. The standard InChI is InChI=1S/C22H22ClF4N3OS2/c1-13-12-32-19(29-13)10-21(30-33(31)20(2,3)4,18-6-5-16(23)11-28-18)14-7-15(22(25,26)27)9-17(24)8-14/h5-9,11-12,30H,10H2,1-4H3. The third kappa shape index (κ3) is 6.05. The molecule has 0 aliphatic heterocycles. The summed E-state index contributed by atoms with van der Waals surface area (Å²) < 4.78 is 70.7. The van der Waals surface area contributed by atoms with E-state index in [1.54, 1.807) is 33.1 Å². The molecule has 3 rings (SSSR count). The van der Waals surface area contributed by atoms with Crippen LogP contribution >= 0.6 is 22.9 Å². The van der Waals surface area contributed by atoms with E-state index in [0.29, 0.717) is 16.1 Å². The highest BCUT2D eigenvalue weighted by Gasteiger charge is 2.45. The highest BCUT2D eigenvalue weighted by atomic mass is 35.5. The number of halogens is 5. The van der Waals surface area contributed by atoms with E-state index in [2.05, 4.69) is 14.7 Å². The van der Waals surface area contributed by atoms with Gasteiger partial charge in [0.1, 0.15) is 16.1 Å². The number of rotatable bonds is 6. The zero-order chi connectivity index (χ0) is 24.6. The van der Waals surface area contributed by atoms with Crippen LogP contribution in [-0.4, -0.2) is 19.3 Å². The van der Waals surface area contributed by atoms with Crippen molar-refractivity contribution in [3.63, 3.8) is 0 Å². The van der Waals surface area contributed by atoms with Crippen LogP contribution in [0.25, 0.3) is 0 Å². The van der Waals surface area contributed by atoms with E-state index in [0.717, 1.165) is 17.8 Å². The van der Waals surface area contributed by atoms with Gasteiger partial charge >= 0.3 is 6.18 Å². The Morgan fingerprint density at radius 3 is 2.30 bits per heavy atom. The van der Waals surface area contributed by atoms with Crippen LogP contribution in [0.2, 0.25) is 5.02 Å². The summed E-state index contributed by atoms with van der Waals surface area (Å²) in [6.07, 6.45) is -3.45. The van der Waals surface area contributed by atoms with Crippen LogP contribution in [0.1, 0.15) is 48.3 Å². The molecule has 1 N–H and O–H groups in total. The first kappa shape index (κ1) is 25.9. The van der Waals surface area contributed by atoms with Gasteiger partial charge in [-0.2, -0.15) is 13.2 Å². The van der Waals surface area contributed by atoms with Gasteiger partial charge in [-0.15, -0.1) is 16.1 Å². The van der Waals surface area contributed by atoms with Gasteiger partial charge in [0.05, 0.1) is 21.3 Å². The number of nitrogens with one attached hydrogen (secondary N) is 1. The third-order valence-corrected chi connectivity index (χ3v) is 7.63. The molecule has 0 aliphatic carbocycles. The molecular weight excluding hydrogens is 498 g/mol. The van der Waals surface area contributed by atoms with E-state index >= 15 is 0 Å². The van der Waals surface area contributed by atoms with E-state index in [1.165, 1.54) is 29.7 Å². The number of nitrogens with zero attached hydrogens (tertiary/aromatic N) is 2. The summed E-state index contributed by atoms with van der Waals surface area (Å²) in [7, 11) is 0. The quantitative estimate of drug-likeness (QED) is 0.311. The van der Waals surface area contributed by atoms with E-state index in [-0.39, 0.29) is 17.7 Å². The minimum absolute atomic E-state index is 0.0112. The molecule has 11 heteroatoms. The molecule has 2 atom stereocenters. The van der Waals surface area contributed by atoms with Gasteiger partial charge < -0.3 is 4.55 Å². The normalized spacial score (nSPS) is 15.3. The Morgan fingerprint density at radius 1 is 1.12 bits per heavy atom. The Kier molecular flexibility index (Phi) is 7.45. The van der Waals surface area contributed by atoms with Crippen LogP contribution in [0, 0.1) is 12.7 Å². The van der Waals surface area contributed by atoms with Crippen LogP contribution in [0.3, 0.4) is 0 Å². The minimum Gasteiger partial charge on any atom is -0.598 e. The van der Waals surface area contributed by atoms with E-state index in [9.17, 15) is 22.1 Å². The summed E-state index contributed by atoms with van der Waals surface area (Å²) in [6, 6.07) is 5.33. The Bertz CT molecular complexity index is 1120. The predicted molar refractivity (Wildman–Crippen MR) is 123 cm³/mol. The molecule has 0 saturated heterocycles. The summed E-state index contributed by atoms with van der Waals surface area (Å²) in [5.74, 6) is -1.07. The van der Waals surface area contributed by atoms with Crippen LogP contribution < -0.4 is 4.72 Å². The van der Waals surface area contributed by atoms with Gasteiger partial charge in [-0.25, -0.2) is 9.37 Å². The second-order valence-electron chi connectivity index (χ2n) is 8.54. The SMILES string of the molecule is Cc1csc(CC(N[S+]([O-])C(C)(C)C)(c2cc(F)cc(C(F)(F)F)c2)c2ccc(Cl)cn2)n1. The average Bonchev–Trinajstić information content (AvgIpc) is 3.10. The highest BCUT2D eigenvalue weighted by molar-refractivity contribution is 7.90. The molecular formula is C22H22ClF4N3OS2. The molecule has 0 saturated carbocycles. The summed E-state index contributed by atoms with van der Waals surface area (Å²) >= 11 is 5.53. The van der Waals surface area contributed by atoms with Gasteiger partial charge in [-0.05, 0) is 63.6 Å². The van der Waals surface area contributed by atoms with Crippen molar-refractivity contribution in [2.45, 2.75) is 50.6 Å². The molecule has 0 amide bonds. The van der Waals surface area contributed by atoms with Gasteiger partial charge in [-0.3, -0.25) is 4.98 Å². The molecule has 1 aromatic carbocycles. The topological polar surface area (TPSA) is 60.9 Å². The van der Waals surface area contributed by atoms with Crippen molar-refractivity contribution >= 4 is 34.3 Å². The Balaban J connectivity index is 2.32. The lowest BCUT2D eigenvalue weighted by Crippen LogP contribution is -2.53.